The molecular weight excluding hydrogens is 276 g/mol. The van der Waals surface area contributed by atoms with Gasteiger partial charge in [0.15, 0.2) is 0 Å². The first-order valence-corrected chi connectivity index (χ1v) is 6.44. The van der Waals surface area contributed by atoms with E-state index in [1.165, 1.54) is 7.11 Å². The summed E-state index contributed by atoms with van der Waals surface area (Å²) in [5.74, 6) is -0.447. The lowest BCUT2D eigenvalue weighted by Crippen LogP contribution is -2.09. The number of carbonyl (C=O) groups excluding carboxylic acids is 1. The number of carbonyl (C=O) groups is 1. The molecule has 20 heavy (non-hydrogen) atoms. The fourth-order valence-corrected chi connectivity index (χ4v) is 1.93. The molecule has 0 atom stereocenters. The first-order chi connectivity index (χ1) is 9.61. The fourth-order valence-electron chi connectivity index (χ4n) is 1.81. The number of hydrogen-bond donors (Lipinski definition) is 2. The average molecular weight is 291 g/mol. The van der Waals surface area contributed by atoms with Crippen molar-refractivity contribution >= 4 is 28.9 Å². The molecule has 4 nitrogen and oxygen atoms in total. The highest BCUT2D eigenvalue weighted by Crippen LogP contribution is 2.24. The molecule has 104 valence electrons. The Balaban J connectivity index is 2.13. The maximum Gasteiger partial charge on any atom is 0.340 e. The van der Waals surface area contributed by atoms with E-state index >= 15 is 0 Å². The number of ether oxygens (including phenoxy) is 1. The lowest BCUT2D eigenvalue weighted by molar-refractivity contribution is 0.0602. The van der Waals surface area contributed by atoms with Gasteiger partial charge in [-0.2, -0.15) is 0 Å². The number of nitrogens with two attached hydrogens (primary N) is 1. The molecule has 0 saturated heterocycles. The predicted octanol–water partition coefficient (Wildman–Crippen LogP) is 3.32. The summed E-state index contributed by atoms with van der Waals surface area (Å²) in [5, 5.41) is 3.89. The molecule has 3 N–H and O–H groups in total. The fraction of sp³-hybridized carbons (Fsp3) is 0.133. The summed E-state index contributed by atoms with van der Waals surface area (Å²) < 4.78 is 4.69. The number of nitrogens with one attached hydrogen (secondary N) is 1. The first kappa shape index (κ1) is 14.2. The molecule has 0 amide bonds. The summed E-state index contributed by atoms with van der Waals surface area (Å²) in [5.41, 5.74) is 8.47. The van der Waals surface area contributed by atoms with Crippen molar-refractivity contribution in [1.82, 2.24) is 0 Å². The number of halogens is 1. The summed E-state index contributed by atoms with van der Waals surface area (Å²) in [6.07, 6.45) is 0. The van der Waals surface area contributed by atoms with Gasteiger partial charge < -0.3 is 15.8 Å². The maximum atomic E-state index is 11.6. The highest BCUT2D eigenvalue weighted by Gasteiger charge is 2.12. The van der Waals surface area contributed by atoms with Gasteiger partial charge in [0.25, 0.3) is 0 Å². The highest BCUT2D eigenvalue weighted by atomic mass is 35.5. The van der Waals surface area contributed by atoms with Crippen LogP contribution >= 0.6 is 11.6 Å². The quantitative estimate of drug-likeness (QED) is 0.670. The van der Waals surface area contributed by atoms with E-state index in [-0.39, 0.29) is 0 Å². The second-order valence-corrected chi connectivity index (χ2v) is 4.67. The third-order valence-electron chi connectivity index (χ3n) is 2.91. The zero-order chi connectivity index (χ0) is 14.5. The molecule has 2 aromatic rings. The van der Waals surface area contributed by atoms with Gasteiger partial charge in [0.05, 0.1) is 24.0 Å². The van der Waals surface area contributed by atoms with E-state index in [2.05, 4.69) is 10.1 Å². The van der Waals surface area contributed by atoms with Crippen LogP contribution in [0.15, 0.2) is 42.5 Å². The van der Waals surface area contributed by atoms with Gasteiger partial charge in [-0.15, -0.1) is 0 Å². The maximum absolute atomic E-state index is 11.6. The Kier molecular flexibility index (Phi) is 4.48. The Morgan fingerprint density at radius 3 is 2.60 bits per heavy atom. The number of esters is 1. The molecule has 0 heterocycles. The molecule has 0 aromatic heterocycles. The number of anilines is 2. The van der Waals surface area contributed by atoms with Crippen LogP contribution in [0.2, 0.25) is 5.02 Å². The van der Waals surface area contributed by atoms with Crippen molar-refractivity contribution in [3.8, 4) is 0 Å². The number of para-hydroxylation sites is 1. The second-order valence-electron chi connectivity index (χ2n) is 4.24. The number of rotatable bonds is 4. The first-order valence-electron chi connectivity index (χ1n) is 6.07. The molecule has 0 fully saturated rings. The van der Waals surface area contributed by atoms with Crippen molar-refractivity contribution in [2.24, 2.45) is 0 Å². The van der Waals surface area contributed by atoms with Crippen molar-refractivity contribution in [1.29, 1.82) is 0 Å². The minimum Gasteiger partial charge on any atom is -0.465 e. The molecule has 0 spiro atoms. The standard InChI is InChI=1S/C15H15ClN2O2/c1-20-15(19)12-3-2-4-13(14(12)17)18-9-10-5-7-11(16)8-6-10/h2-8,18H,9,17H2,1H3. The summed E-state index contributed by atoms with van der Waals surface area (Å²) >= 11 is 5.83. The van der Waals surface area contributed by atoms with Crippen LogP contribution in [0.1, 0.15) is 15.9 Å². The molecule has 0 aliphatic rings. The lowest BCUT2D eigenvalue weighted by Gasteiger charge is -2.12. The van der Waals surface area contributed by atoms with E-state index in [4.69, 9.17) is 17.3 Å². The van der Waals surface area contributed by atoms with Crippen molar-refractivity contribution in [2.75, 3.05) is 18.2 Å². The van der Waals surface area contributed by atoms with Gasteiger partial charge in [0.1, 0.15) is 0 Å². The molecule has 5 heteroatoms. The Labute approximate surface area is 122 Å². The number of hydrogen-bond acceptors (Lipinski definition) is 4. The third kappa shape index (κ3) is 3.22. The largest absolute Gasteiger partial charge is 0.465 e. The summed E-state index contributed by atoms with van der Waals surface area (Å²) in [7, 11) is 1.33. The normalized spacial score (nSPS) is 10.1. The number of methoxy groups -OCH3 is 1. The Hall–Kier alpha value is -2.20. The van der Waals surface area contributed by atoms with Crippen LogP contribution in [0.25, 0.3) is 0 Å². The van der Waals surface area contributed by atoms with Gasteiger partial charge in [-0.25, -0.2) is 4.79 Å². The molecule has 0 radical (unpaired) electrons. The number of benzene rings is 2. The summed E-state index contributed by atoms with van der Waals surface area (Å²) in [6.45, 7) is 0.589. The van der Waals surface area contributed by atoms with Gasteiger partial charge in [-0.1, -0.05) is 29.8 Å². The van der Waals surface area contributed by atoms with Crippen molar-refractivity contribution in [2.45, 2.75) is 6.54 Å². The van der Waals surface area contributed by atoms with E-state index in [9.17, 15) is 4.79 Å². The minimum absolute atomic E-state index is 0.355. The zero-order valence-electron chi connectivity index (χ0n) is 11.0. The smallest absolute Gasteiger partial charge is 0.340 e. The summed E-state index contributed by atoms with van der Waals surface area (Å²) in [4.78, 5) is 11.6. The molecule has 0 bridgehead atoms. The van der Waals surface area contributed by atoms with E-state index in [1.54, 1.807) is 12.1 Å². The Bertz CT molecular complexity index is 612. The van der Waals surface area contributed by atoms with Gasteiger partial charge in [0.2, 0.25) is 0 Å². The van der Waals surface area contributed by atoms with Gasteiger partial charge in [-0.3, -0.25) is 0 Å². The highest BCUT2D eigenvalue weighted by molar-refractivity contribution is 6.30. The van der Waals surface area contributed by atoms with Gasteiger partial charge in [0, 0.05) is 11.6 Å². The van der Waals surface area contributed by atoms with Crippen molar-refractivity contribution < 1.29 is 9.53 Å². The Morgan fingerprint density at radius 1 is 1.25 bits per heavy atom. The minimum atomic E-state index is -0.447. The van der Waals surface area contributed by atoms with Crippen LogP contribution in [0.3, 0.4) is 0 Å². The number of nitrogen functional groups attached to an aromatic ring is 1. The Morgan fingerprint density at radius 2 is 1.95 bits per heavy atom. The van der Waals surface area contributed by atoms with Crippen LogP contribution < -0.4 is 11.1 Å². The van der Waals surface area contributed by atoms with E-state index < -0.39 is 5.97 Å². The van der Waals surface area contributed by atoms with Gasteiger partial charge in [-0.05, 0) is 29.8 Å². The van der Waals surface area contributed by atoms with Crippen LogP contribution in [0, 0.1) is 0 Å². The predicted molar refractivity (Wildman–Crippen MR) is 81.0 cm³/mol. The monoisotopic (exact) mass is 290 g/mol. The lowest BCUT2D eigenvalue weighted by atomic mass is 10.1. The molecular formula is C15H15ClN2O2. The summed E-state index contributed by atoms with van der Waals surface area (Å²) in [6, 6.07) is 12.7. The molecule has 0 aliphatic carbocycles. The zero-order valence-corrected chi connectivity index (χ0v) is 11.8. The van der Waals surface area contributed by atoms with Gasteiger partial charge >= 0.3 is 5.97 Å². The van der Waals surface area contributed by atoms with Crippen LogP contribution in [-0.2, 0) is 11.3 Å². The topological polar surface area (TPSA) is 64.3 Å². The molecule has 0 aliphatic heterocycles. The van der Waals surface area contributed by atoms with Crippen LogP contribution in [0.5, 0.6) is 0 Å². The van der Waals surface area contributed by atoms with Crippen molar-refractivity contribution in [3.05, 3.63) is 58.6 Å². The van der Waals surface area contributed by atoms with E-state index in [1.807, 2.05) is 30.3 Å². The molecule has 0 unspecified atom stereocenters. The van der Waals surface area contributed by atoms with Crippen LogP contribution in [-0.4, -0.2) is 13.1 Å². The SMILES string of the molecule is COC(=O)c1cccc(NCc2ccc(Cl)cc2)c1N. The third-order valence-corrected chi connectivity index (χ3v) is 3.16. The molecule has 0 saturated carbocycles. The van der Waals surface area contributed by atoms with E-state index in [0.29, 0.717) is 28.5 Å². The average Bonchev–Trinajstić information content (AvgIpc) is 2.47. The second kappa shape index (κ2) is 6.30. The van der Waals surface area contributed by atoms with E-state index in [0.717, 1.165) is 5.56 Å². The van der Waals surface area contributed by atoms with Crippen LogP contribution in [0.4, 0.5) is 11.4 Å². The van der Waals surface area contributed by atoms with Crippen molar-refractivity contribution in [3.63, 3.8) is 0 Å². The molecule has 2 rings (SSSR count). The molecule has 2 aromatic carbocycles.